The minimum atomic E-state index is -1.60. The van der Waals surface area contributed by atoms with Crippen molar-refractivity contribution in [3.63, 3.8) is 0 Å². The normalized spacial score (nSPS) is 32.7. The fraction of sp³-hybridized carbons (Fsp3) is 0.667. The smallest absolute Gasteiger partial charge is 0.410 e. The first-order chi connectivity index (χ1) is 22.5. The number of fused-ring (bicyclic) bond motifs is 5. The van der Waals surface area contributed by atoms with Crippen LogP contribution >= 0.6 is 23.2 Å². The molecule has 2 unspecified atom stereocenters. The molecule has 12 nitrogen and oxygen atoms in total. The Labute approximate surface area is 287 Å². The van der Waals surface area contributed by atoms with E-state index in [0.29, 0.717) is 30.4 Å². The standard InChI is InChI=1S/C33H41Cl2FN4O8/c1-31(2,3)48-29(45)37-23-11-6-4-5-9-20-25(33(20,34)35)21-13-32(21,28(43)44)38-26(41)24-12-18(15-40(24)27(23)42)47-30(46)39-14-17-8-7-10-22(36)19(17)16-39/h7-8,10,18,20-21,23-25H,4-6,9,11-16H2,1-3H3,(H,37,45)(H,38,41)(H,43,44)/t18-,20?,21-,23+,24+,25?,32-/m1/s1. The Morgan fingerprint density at radius 2 is 1.81 bits per heavy atom. The first-order valence-corrected chi connectivity index (χ1v) is 17.2. The number of nitrogens with zero attached hydrogens (tertiary/aromatic N) is 2. The molecule has 0 radical (unpaired) electrons. The molecular formula is C33H41Cl2FN4O8. The van der Waals surface area contributed by atoms with Crippen LogP contribution in [0, 0.1) is 23.6 Å². The summed E-state index contributed by atoms with van der Waals surface area (Å²) in [6, 6.07) is 2.34. The van der Waals surface area contributed by atoms with Gasteiger partial charge in [-0.25, -0.2) is 18.8 Å². The molecule has 48 heavy (non-hydrogen) atoms. The van der Waals surface area contributed by atoms with E-state index in [1.807, 2.05) is 0 Å². The van der Waals surface area contributed by atoms with Crippen LogP contribution in [0.1, 0.15) is 76.8 Å². The van der Waals surface area contributed by atoms with Gasteiger partial charge in [0.05, 0.1) is 13.1 Å². The average Bonchev–Trinajstić information content (AvgIpc) is 3.60. The number of aliphatic carboxylic acids is 1. The van der Waals surface area contributed by atoms with Crippen molar-refractivity contribution in [2.45, 2.75) is 112 Å². The van der Waals surface area contributed by atoms with Crippen LogP contribution in [0.2, 0.25) is 0 Å². The minimum absolute atomic E-state index is 0.00924. The van der Waals surface area contributed by atoms with E-state index in [9.17, 15) is 33.5 Å². The second-order valence-electron chi connectivity index (χ2n) is 14.7. The number of carbonyl (C=O) groups excluding carboxylic acids is 4. The van der Waals surface area contributed by atoms with Crippen LogP contribution in [0.3, 0.4) is 0 Å². The van der Waals surface area contributed by atoms with Crippen molar-refractivity contribution in [3.8, 4) is 0 Å². The Kier molecular flexibility index (Phi) is 9.02. The number of halogens is 3. The average molecular weight is 712 g/mol. The number of hydrogen-bond acceptors (Lipinski definition) is 7. The third-order valence-corrected chi connectivity index (χ3v) is 11.3. The van der Waals surface area contributed by atoms with Gasteiger partial charge in [0.2, 0.25) is 11.8 Å². The summed E-state index contributed by atoms with van der Waals surface area (Å²) in [5.41, 5.74) is -1.38. The zero-order chi connectivity index (χ0) is 34.8. The van der Waals surface area contributed by atoms with E-state index in [0.717, 1.165) is 6.42 Å². The Morgan fingerprint density at radius 3 is 2.50 bits per heavy atom. The van der Waals surface area contributed by atoms with Crippen LogP contribution in [-0.2, 0) is 36.9 Å². The minimum Gasteiger partial charge on any atom is -0.479 e. The molecule has 0 aromatic heterocycles. The summed E-state index contributed by atoms with van der Waals surface area (Å²) in [6.07, 6.45) is 0.434. The number of benzene rings is 1. The summed E-state index contributed by atoms with van der Waals surface area (Å²) in [7, 11) is 0. The number of alkyl carbamates (subject to hydrolysis) is 1. The molecule has 4 fully saturated rings. The van der Waals surface area contributed by atoms with Gasteiger partial charge < -0.3 is 30.1 Å². The van der Waals surface area contributed by atoms with Crippen LogP contribution in [0.5, 0.6) is 0 Å². The van der Waals surface area contributed by atoms with Crippen molar-refractivity contribution in [2.24, 2.45) is 17.8 Å². The van der Waals surface area contributed by atoms with Gasteiger partial charge >= 0.3 is 18.2 Å². The second kappa shape index (κ2) is 12.5. The van der Waals surface area contributed by atoms with Crippen molar-refractivity contribution < 1.29 is 42.9 Å². The molecule has 1 aromatic rings. The molecule has 2 saturated heterocycles. The highest BCUT2D eigenvalue weighted by Gasteiger charge is 2.77. The van der Waals surface area contributed by atoms with E-state index >= 15 is 0 Å². The molecule has 2 aliphatic carbocycles. The largest absolute Gasteiger partial charge is 0.479 e. The number of hydrogen-bond donors (Lipinski definition) is 3. The molecule has 1 aromatic carbocycles. The van der Waals surface area contributed by atoms with Crippen LogP contribution in [-0.4, -0.2) is 85.1 Å². The van der Waals surface area contributed by atoms with E-state index in [-0.39, 0.29) is 50.7 Å². The lowest BCUT2D eigenvalue weighted by molar-refractivity contribution is -0.146. The number of nitrogens with one attached hydrogen (secondary N) is 2. The SMILES string of the molecule is CC(C)(C)OC(=O)N[C@H]1CCCCCC2C([C@H]3C[C@@]3(C(=O)O)NC(=O)[C@@H]3C[C@@H](OC(=O)N4Cc5cccc(F)c5C4)CN3C1=O)C2(Cl)Cl. The van der Waals surface area contributed by atoms with Gasteiger partial charge in [0, 0.05) is 30.4 Å². The summed E-state index contributed by atoms with van der Waals surface area (Å²) in [5.74, 6) is -3.88. The Balaban J connectivity index is 1.24. The summed E-state index contributed by atoms with van der Waals surface area (Å²) in [5, 5.41) is 15.6. The van der Waals surface area contributed by atoms with Gasteiger partial charge in [-0.05, 0) is 57.6 Å². The highest BCUT2D eigenvalue weighted by Crippen LogP contribution is 2.71. The van der Waals surface area contributed by atoms with E-state index in [1.54, 1.807) is 32.9 Å². The number of carboxylic acids is 1. The first-order valence-electron chi connectivity index (χ1n) is 16.5. The number of alkyl halides is 2. The van der Waals surface area contributed by atoms with Gasteiger partial charge in [0.25, 0.3) is 0 Å². The third-order valence-electron chi connectivity index (χ3n) is 10.2. The Morgan fingerprint density at radius 1 is 1.08 bits per heavy atom. The summed E-state index contributed by atoms with van der Waals surface area (Å²) >= 11 is 13.3. The first kappa shape index (κ1) is 34.5. The van der Waals surface area contributed by atoms with Crippen molar-refractivity contribution in [3.05, 3.63) is 35.1 Å². The monoisotopic (exact) mass is 710 g/mol. The number of rotatable bonds is 3. The lowest BCUT2D eigenvalue weighted by Crippen LogP contribution is -2.56. The molecular weight excluding hydrogens is 670 g/mol. The molecule has 0 bridgehead atoms. The van der Waals surface area contributed by atoms with Gasteiger partial charge in [-0.3, -0.25) is 14.5 Å². The predicted molar refractivity (Wildman–Crippen MR) is 170 cm³/mol. The topological polar surface area (TPSA) is 155 Å². The summed E-state index contributed by atoms with van der Waals surface area (Å²) < 4.78 is 24.4. The molecule has 2 saturated carbocycles. The van der Waals surface area contributed by atoms with Gasteiger partial charge in [-0.15, -0.1) is 23.2 Å². The van der Waals surface area contributed by atoms with Gasteiger partial charge in [-0.2, -0.15) is 0 Å². The number of carbonyl (C=O) groups is 5. The molecule has 3 heterocycles. The maximum atomic E-state index is 14.3. The number of carboxylic acid groups (broad SMARTS) is 1. The van der Waals surface area contributed by atoms with E-state index in [4.69, 9.17) is 32.7 Å². The lowest BCUT2D eigenvalue weighted by Gasteiger charge is -2.30. The third kappa shape index (κ3) is 6.64. The van der Waals surface area contributed by atoms with Crippen LogP contribution in [0.25, 0.3) is 0 Å². The van der Waals surface area contributed by atoms with E-state index < -0.39 is 75.4 Å². The van der Waals surface area contributed by atoms with Gasteiger partial charge in [0.1, 0.15) is 39.5 Å². The van der Waals surface area contributed by atoms with Gasteiger partial charge in [-0.1, -0.05) is 31.4 Å². The predicted octanol–water partition coefficient (Wildman–Crippen LogP) is 4.48. The van der Waals surface area contributed by atoms with Crippen LogP contribution < -0.4 is 10.6 Å². The Bertz CT molecular complexity index is 1520. The molecule has 7 atom stereocenters. The van der Waals surface area contributed by atoms with Gasteiger partial charge in [0.15, 0.2) is 0 Å². The molecule has 3 N–H and O–H groups in total. The van der Waals surface area contributed by atoms with Crippen molar-refractivity contribution in [1.29, 1.82) is 0 Å². The fourth-order valence-electron chi connectivity index (χ4n) is 7.70. The molecule has 5 aliphatic rings. The maximum absolute atomic E-state index is 14.3. The zero-order valence-electron chi connectivity index (χ0n) is 27.1. The summed E-state index contributed by atoms with van der Waals surface area (Å²) in [4.78, 5) is 69.4. The number of amides is 4. The lowest BCUT2D eigenvalue weighted by atomic mass is 10.0. The zero-order valence-corrected chi connectivity index (χ0v) is 28.6. The molecule has 6 rings (SSSR count). The maximum Gasteiger partial charge on any atom is 0.410 e. The number of ether oxygens (including phenoxy) is 2. The van der Waals surface area contributed by atoms with Crippen LogP contribution in [0.4, 0.5) is 14.0 Å². The Hall–Kier alpha value is -3.32. The molecule has 0 spiro atoms. The second-order valence-corrected chi connectivity index (χ2v) is 16.1. The van der Waals surface area contributed by atoms with Crippen LogP contribution in [0.15, 0.2) is 18.2 Å². The molecule has 3 aliphatic heterocycles. The quantitative estimate of drug-likeness (QED) is 0.388. The molecule has 4 amide bonds. The molecule has 15 heteroatoms. The van der Waals surface area contributed by atoms with Crippen molar-refractivity contribution in [1.82, 2.24) is 20.4 Å². The van der Waals surface area contributed by atoms with Crippen molar-refractivity contribution in [2.75, 3.05) is 6.54 Å². The van der Waals surface area contributed by atoms with E-state index in [2.05, 4.69) is 10.6 Å². The highest BCUT2D eigenvalue weighted by molar-refractivity contribution is 6.51. The van der Waals surface area contributed by atoms with Crippen molar-refractivity contribution >= 4 is 53.2 Å². The summed E-state index contributed by atoms with van der Waals surface area (Å²) in [6.45, 7) is 5.06. The van der Waals surface area contributed by atoms with E-state index in [1.165, 1.54) is 15.9 Å². The molecule has 262 valence electrons. The highest BCUT2D eigenvalue weighted by atomic mass is 35.5. The fourth-order valence-corrected chi connectivity index (χ4v) is 8.68.